The standard InChI is InChI=1S/C16H15NO3/c1-11-8-17(9-12-5-3-2-4-6-12)10-15-13(11)7-14(20-15)16(18)19/h2-8H,9-10H2,1H3,(H,18,19). The molecule has 0 fully saturated rings. The van der Waals surface area contributed by atoms with Crippen LogP contribution in [0.4, 0.5) is 0 Å². The van der Waals surface area contributed by atoms with Gasteiger partial charge in [0, 0.05) is 18.3 Å². The largest absolute Gasteiger partial charge is 0.475 e. The number of furan rings is 1. The van der Waals surface area contributed by atoms with Gasteiger partial charge in [-0.25, -0.2) is 4.79 Å². The Bertz CT molecular complexity index is 670. The summed E-state index contributed by atoms with van der Waals surface area (Å²) >= 11 is 0. The number of fused-ring (bicyclic) bond motifs is 1. The lowest BCUT2D eigenvalue weighted by Gasteiger charge is -2.25. The molecule has 4 nitrogen and oxygen atoms in total. The van der Waals surface area contributed by atoms with Crippen molar-refractivity contribution in [1.29, 1.82) is 0 Å². The van der Waals surface area contributed by atoms with Crippen LogP contribution < -0.4 is 0 Å². The van der Waals surface area contributed by atoms with E-state index >= 15 is 0 Å². The van der Waals surface area contributed by atoms with Crippen LogP contribution in [-0.2, 0) is 13.1 Å². The third-order valence-electron chi connectivity index (χ3n) is 3.40. The molecule has 0 unspecified atom stereocenters. The number of hydrogen-bond donors (Lipinski definition) is 1. The fourth-order valence-corrected chi connectivity index (χ4v) is 2.48. The second-order valence-corrected chi connectivity index (χ2v) is 4.96. The molecule has 0 saturated carbocycles. The van der Waals surface area contributed by atoms with Crippen LogP contribution in [0.5, 0.6) is 0 Å². The lowest BCUT2D eigenvalue weighted by Crippen LogP contribution is -2.20. The number of allylic oxidation sites excluding steroid dienone is 1. The highest BCUT2D eigenvalue weighted by molar-refractivity contribution is 5.86. The summed E-state index contributed by atoms with van der Waals surface area (Å²) in [5, 5.41) is 8.99. The van der Waals surface area contributed by atoms with Crippen molar-refractivity contribution in [3.8, 4) is 0 Å². The first-order valence-corrected chi connectivity index (χ1v) is 6.46. The minimum atomic E-state index is -1.03. The molecule has 0 atom stereocenters. The van der Waals surface area contributed by atoms with Gasteiger partial charge in [-0.1, -0.05) is 30.3 Å². The van der Waals surface area contributed by atoms with Gasteiger partial charge in [-0.2, -0.15) is 0 Å². The lowest BCUT2D eigenvalue weighted by molar-refractivity contribution is 0.0659. The number of rotatable bonds is 3. The molecule has 1 N–H and O–H groups in total. The summed E-state index contributed by atoms with van der Waals surface area (Å²) in [5.74, 6) is -0.301. The van der Waals surface area contributed by atoms with Crippen LogP contribution in [0.1, 0.15) is 34.4 Å². The summed E-state index contributed by atoms with van der Waals surface area (Å²) in [6.07, 6.45) is 2.05. The maximum Gasteiger partial charge on any atom is 0.371 e. The van der Waals surface area contributed by atoms with Gasteiger partial charge in [0.05, 0.1) is 6.54 Å². The molecular weight excluding hydrogens is 254 g/mol. The monoisotopic (exact) mass is 269 g/mol. The third kappa shape index (κ3) is 2.32. The van der Waals surface area contributed by atoms with Gasteiger partial charge < -0.3 is 14.4 Å². The Morgan fingerprint density at radius 2 is 2.10 bits per heavy atom. The Balaban J connectivity index is 1.84. The van der Waals surface area contributed by atoms with E-state index in [4.69, 9.17) is 9.52 Å². The average Bonchev–Trinajstić information content (AvgIpc) is 2.84. The topological polar surface area (TPSA) is 53.7 Å². The summed E-state index contributed by atoms with van der Waals surface area (Å²) in [6, 6.07) is 11.8. The minimum absolute atomic E-state index is 0.00399. The van der Waals surface area contributed by atoms with E-state index in [1.54, 1.807) is 6.07 Å². The molecule has 1 aliphatic heterocycles. The van der Waals surface area contributed by atoms with E-state index in [1.165, 1.54) is 5.56 Å². The van der Waals surface area contributed by atoms with E-state index in [-0.39, 0.29) is 5.76 Å². The van der Waals surface area contributed by atoms with E-state index < -0.39 is 5.97 Å². The third-order valence-corrected chi connectivity index (χ3v) is 3.40. The number of aromatic carboxylic acids is 1. The summed E-state index contributed by atoms with van der Waals surface area (Å²) < 4.78 is 5.42. The van der Waals surface area contributed by atoms with Gasteiger partial charge in [0.15, 0.2) is 0 Å². The molecule has 0 spiro atoms. The van der Waals surface area contributed by atoms with Crippen molar-refractivity contribution in [2.75, 3.05) is 0 Å². The summed E-state index contributed by atoms with van der Waals surface area (Å²) in [4.78, 5) is 13.1. The van der Waals surface area contributed by atoms with Crippen molar-refractivity contribution in [3.63, 3.8) is 0 Å². The van der Waals surface area contributed by atoms with E-state index in [0.29, 0.717) is 6.54 Å². The van der Waals surface area contributed by atoms with Gasteiger partial charge >= 0.3 is 5.97 Å². The zero-order valence-corrected chi connectivity index (χ0v) is 11.2. The van der Waals surface area contributed by atoms with Crippen LogP contribution in [0.3, 0.4) is 0 Å². The number of hydrogen-bond acceptors (Lipinski definition) is 3. The first-order chi connectivity index (χ1) is 9.63. The Morgan fingerprint density at radius 3 is 2.80 bits per heavy atom. The SMILES string of the molecule is CC1=CN(Cc2ccccc2)Cc2oc(C(=O)O)cc21. The molecule has 1 aliphatic rings. The van der Waals surface area contributed by atoms with Crippen molar-refractivity contribution in [2.24, 2.45) is 0 Å². The number of benzene rings is 1. The summed E-state index contributed by atoms with van der Waals surface area (Å²) in [5.41, 5.74) is 3.13. The molecule has 0 amide bonds. The van der Waals surface area contributed by atoms with Gasteiger partial charge in [0.25, 0.3) is 0 Å². The maximum atomic E-state index is 11.0. The zero-order valence-electron chi connectivity index (χ0n) is 11.2. The van der Waals surface area contributed by atoms with Crippen LogP contribution >= 0.6 is 0 Å². The molecule has 0 radical (unpaired) electrons. The maximum absolute atomic E-state index is 11.0. The first-order valence-electron chi connectivity index (χ1n) is 6.46. The predicted octanol–water partition coefficient (Wildman–Crippen LogP) is 3.35. The number of carboxylic acid groups (broad SMARTS) is 1. The van der Waals surface area contributed by atoms with Crippen molar-refractivity contribution in [1.82, 2.24) is 4.90 Å². The molecule has 3 rings (SSSR count). The fourth-order valence-electron chi connectivity index (χ4n) is 2.48. The Kier molecular flexibility index (Phi) is 3.06. The minimum Gasteiger partial charge on any atom is -0.475 e. The number of carbonyl (C=O) groups is 1. The van der Waals surface area contributed by atoms with Crippen molar-refractivity contribution in [3.05, 3.63) is 65.2 Å². The number of nitrogens with zero attached hydrogens (tertiary/aromatic N) is 1. The molecule has 2 aromatic rings. The molecule has 20 heavy (non-hydrogen) atoms. The van der Waals surface area contributed by atoms with Crippen molar-refractivity contribution in [2.45, 2.75) is 20.0 Å². The summed E-state index contributed by atoms with van der Waals surface area (Å²) in [6.45, 7) is 3.34. The molecule has 0 bridgehead atoms. The molecule has 102 valence electrons. The highest BCUT2D eigenvalue weighted by atomic mass is 16.4. The molecule has 4 heteroatoms. The molecule has 1 aromatic heterocycles. The van der Waals surface area contributed by atoms with Crippen LogP contribution in [0.25, 0.3) is 5.57 Å². The van der Waals surface area contributed by atoms with E-state index in [0.717, 1.165) is 23.4 Å². The predicted molar refractivity (Wildman–Crippen MR) is 75.0 cm³/mol. The number of carboxylic acids is 1. The smallest absolute Gasteiger partial charge is 0.371 e. The Hall–Kier alpha value is -2.49. The summed E-state index contributed by atoms with van der Waals surface area (Å²) in [7, 11) is 0. The Morgan fingerprint density at radius 1 is 1.35 bits per heavy atom. The van der Waals surface area contributed by atoms with Gasteiger partial charge in [-0.15, -0.1) is 0 Å². The molecule has 0 aliphatic carbocycles. The van der Waals surface area contributed by atoms with Crippen LogP contribution in [0.15, 0.2) is 47.0 Å². The van der Waals surface area contributed by atoms with Crippen molar-refractivity contribution >= 4 is 11.5 Å². The van der Waals surface area contributed by atoms with Crippen LogP contribution in [0.2, 0.25) is 0 Å². The first kappa shape index (κ1) is 12.5. The molecule has 2 heterocycles. The molecule has 1 aromatic carbocycles. The van der Waals surface area contributed by atoms with Gasteiger partial charge in [0.2, 0.25) is 5.76 Å². The highest BCUT2D eigenvalue weighted by Gasteiger charge is 2.22. The van der Waals surface area contributed by atoms with E-state index in [1.807, 2.05) is 25.1 Å². The van der Waals surface area contributed by atoms with E-state index in [9.17, 15) is 4.79 Å². The van der Waals surface area contributed by atoms with Gasteiger partial charge in [-0.3, -0.25) is 0 Å². The highest BCUT2D eigenvalue weighted by Crippen LogP contribution is 2.30. The molecule has 0 saturated heterocycles. The van der Waals surface area contributed by atoms with Crippen molar-refractivity contribution < 1.29 is 14.3 Å². The van der Waals surface area contributed by atoms with Crippen LogP contribution in [-0.4, -0.2) is 16.0 Å². The van der Waals surface area contributed by atoms with Gasteiger partial charge in [-0.05, 0) is 24.1 Å². The van der Waals surface area contributed by atoms with Gasteiger partial charge in [0.1, 0.15) is 5.76 Å². The quantitative estimate of drug-likeness (QED) is 0.928. The van der Waals surface area contributed by atoms with E-state index in [2.05, 4.69) is 23.2 Å². The Labute approximate surface area is 116 Å². The fraction of sp³-hybridized carbons (Fsp3) is 0.188. The lowest BCUT2D eigenvalue weighted by atomic mass is 10.0. The van der Waals surface area contributed by atoms with Crippen LogP contribution in [0, 0.1) is 0 Å². The molecular formula is C16H15NO3. The average molecular weight is 269 g/mol. The second-order valence-electron chi connectivity index (χ2n) is 4.96. The zero-order chi connectivity index (χ0) is 14.1. The second kappa shape index (κ2) is 4.89. The normalized spacial score (nSPS) is 13.8.